The van der Waals surface area contributed by atoms with Crippen LogP contribution in [-0.2, 0) is 14.3 Å². The Kier molecular flexibility index (Phi) is 13.3. The Bertz CT molecular complexity index is 1140. The molecule has 2 heterocycles. The molecule has 3 atom stereocenters. The second-order valence-electron chi connectivity index (χ2n) is 10.6. The molecule has 3 rings (SSSR count). The van der Waals surface area contributed by atoms with Gasteiger partial charge in [-0.25, -0.2) is 9.37 Å². The molecule has 1 saturated heterocycles. The molecule has 0 aliphatic carbocycles. The topological polar surface area (TPSA) is 112 Å². The van der Waals surface area contributed by atoms with E-state index >= 15 is 0 Å². The predicted octanol–water partition coefficient (Wildman–Crippen LogP) is 3.54. The number of benzene rings is 1. The van der Waals surface area contributed by atoms with Crippen LogP contribution >= 0.6 is 11.3 Å². The molecule has 0 saturated carbocycles. The van der Waals surface area contributed by atoms with Gasteiger partial charge < -0.3 is 29.5 Å². The van der Waals surface area contributed by atoms with Crippen molar-refractivity contribution in [1.29, 1.82) is 0 Å². The van der Waals surface area contributed by atoms with Gasteiger partial charge in [0.15, 0.2) is 0 Å². The fourth-order valence-electron chi connectivity index (χ4n) is 4.36. The van der Waals surface area contributed by atoms with Gasteiger partial charge in [0.2, 0.25) is 5.91 Å². The van der Waals surface area contributed by atoms with Gasteiger partial charge >= 0.3 is 0 Å². The van der Waals surface area contributed by atoms with E-state index in [1.165, 1.54) is 40.5 Å². The molecular weight excluding hydrogens is 549 g/mol. The summed E-state index contributed by atoms with van der Waals surface area (Å²) in [6.45, 7) is 7.09. The average molecular weight is 592 g/mol. The van der Waals surface area contributed by atoms with Gasteiger partial charge in [0, 0.05) is 50.8 Å². The van der Waals surface area contributed by atoms with E-state index in [-0.39, 0.29) is 37.7 Å². The van der Waals surface area contributed by atoms with Gasteiger partial charge in [-0.05, 0) is 50.3 Å². The van der Waals surface area contributed by atoms with E-state index in [4.69, 9.17) is 9.47 Å². The van der Waals surface area contributed by atoms with Crippen molar-refractivity contribution in [2.24, 2.45) is 5.92 Å². The zero-order valence-corrected chi connectivity index (χ0v) is 24.9. The van der Waals surface area contributed by atoms with Crippen molar-refractivity contribution in [3.8, 4) is 0 Å². The molecule has 9 nitrogen and oxygen atoms in total. The molecule has 0 radical (unpaired) electrons. The third-order valence-electron chi connectivity index (χ3n) is 6.83. The zero-order valence-electron chi connectivity index (χ0n) is 24.1. The molecule has 0 spiro atoms. The largest absolute Gasteiger partial charge is 0.388 e. The number of aryl methyl sites for hydroxylation is 1. The van der Waals surface area contributed by atoms with Crippen molar-refractivity contribution in [3.05, 3.63) is 57.8 Å². The van der Waals surface area contributed by atoms with Gasteiger partial charge in [0.25, 0.3) is 5.91 Å². The van der Waals surface area contributed by atoms with Gasteiger partial charge in [-0.1, -0.05) is 26.0 Å². The summed E-state index contributed by atoms with van der Waals surface area (Å²) in [6.07, 6.45) is 1.58. The minimum absolute atomic E-state index is 0.0753. The molecule has 2 N–H and O–H groups in total. The summed E-state index contributed by atoms with van der Waals surface area (Å²) in [4.78, 5) is 34.2. The number of ether oxygens (including phenoxy) is 2. The maximum Gasteiger partial charge on any atom is 0.256 e. The number of rotatable bonds is 7. The summed E-state index contributed by atoms with van der Waals surface area (Å²) in [7, 11) is 0. The molecule has 1 aromatic carbocycles. The number of carbonyl (C=O) groups excluding carboxylic acids is 2. The Morgan fingerprint density at radius 2 is 1.95 bits per heavy atom. The van der Waals surface area contributed by atoms with Crippen molar-refractivity contribution in [1.82, 2.24) is 14.8 Å². The standard InChI is InChI=1S/C30H42FN3O6S/c1-21(2)12-17-40-27-18-34(30(38)24-8-4-5-9-25(24)31)15-14-33(13-6-7-16-39-19-26(35)29(27)37)28(36)11-10-23-20-41-22(3)32-23/h4-5,8-11,20-21,26-27,29,35,37H,6-7,12-19H2,1-3H3/b11-10+/t26-,27-,29-/m1/s1. The van der Waals surface area contributed by atoms with Crippen LogP contribution in [0.3, 0.4) is 0 Å². The van der Waals surface area contributed by atoms with Gasteiger partial charge in [-0.2, -0.15) is 0 Å². The summed E-state index contributed by atoms with van der Waals surface area (Å²) in [5.74, 6) is -1.15. The van der Waals surface area contributed by atoms with E-state index < -0.39 is 30.0 Å². The molecule has 0 unspecified atom stereocenters. The van der Waals surface area contributed by atoms with Gasteiger partial charge in [-0.3, -0.25) is 9.59 Å². The van der Waals surface area contributed by atoms with E-state index in [0.717, 1.165) is 5.01 Å². The first kappa shape index (κ1) is 32.8. The van der Waals surface area contributed by atoms with Crippen molar-refractivity contribution < 1.29 is 33.7 Å². The minimum atomic E-state index is -1.34. The fraction of sp³-hybridized carbons (Fsp3) is 0.567. The van der Waals surface area contributed by atoms with Crippen LogP contribution in [-0.4, -0.2) is 101 Å². The Labute approximate surface area is 245 Å². The van der Waals surface area contributed by atoms with Crippen LogP contribution in [0.5, 0.6) is 0 Å². The lowest BCUT2D eigenvalue weighted by atomic mass is 10.1. The third kappa shape index (κ3) is 10.6. The van der Waals surface area contributed by atoms with Crippen LogP contribution in [0.2, 0.25) is 0 Å². The van der Waals surface area contributed by atoms with Gasteiger partial charge in [0.1, 0.15) is 24.1 Å². The maximum absolute atomic E-state index is 14.7. The number of aliphatic hydroxyl groups is 2. The van der Waals surface area contributed by atoms with Crippen molar-refractivity contribution >= 4 is 29.2 Å². The number of aliphatic hydroxyl groups excluding tert-OH is 2. The number of nitrogens with zero attached hydrogens (tertiary/aromatic N) is 3. The number of carbonyl (C=O) groups is 2. The number of hydrogen-bond acceptors (Lipinski definition) is 8. The molecule has 41 heavy (non-hydrogen) atoms. The molecule has 1 fully saturated rings. The van der Waals surface area contributed by atoms with Crippen LogP contribution in [0.25, 0.3) is 6.08 Å². The quantitative estimate of drug-likeness (QED) is 0.474. The second-order valence-corrected chi connectivity index (χ2v) is 11.7. The smallest absolute Gasteiger partial charge is 0.256 e. The zero-order chi connectivity index (χ0) is 29.8. The predicted molar refractivity (Wildman–Crippen MR) is 156 cm³/mol. The van der Waals surface area contributed by atoms with Crippen LogP contribution in [0, 0.1) is 18.7 Å². The summed E-state index contributed by atoms with van der Waals surface area (Å²) >= 11 is 1.49. The van der Waals surface area contributed by atoms with E-state index in [1.54, 1.807) is 17.0 Å². The normalized spacial score (nSPS) is 21.8. The molecular formula is C30H42FN3O6S. The molecule has 2 amide bonds. The molecule has 1 aromatic heterocycles. The Morgan fingerprint density at radius 3 is 2.66 bits per heavy atom. The number of halogens is 1. The third-order valence-corrected chi connectivity index (χ3v) is 7.63. The lowest BCUT2D eigenvalue weighted by Crippen LogP contribution is -2.51. The number of thiazole rings is 1. The van der Waals surface area contributed by atoms with E-state index in [2.05, 4.69) is 4.98 Å². The summed E-state index contributed by atoms with van der Waals surface area (Å²) < 4.78 is 26.3. The van der Waals surface area contributed by atoms with E-state index in [0.29, 0.717) is 50.6 Å². The van der Waals surface area contributed by atoms with Gasteiger partial charge in [-0.15, -0.1) is 11.3 Å². The highest BCUT2D eigenvalue weighted by atomic mass is 32.1. The SMILES string of the molecule is Cc1nc(/C=C/C(=O)N2CCCCOC[C@@H](O)[C@@H](O)[C@H](OCCC(C)C)CN(C(=O)c3ccccc3F)CC2)cs1. The molecule has 226 valence electrons. The molecule has 11 heteroatoms. The summed E-state index contributed by atoms with van der Waals surface area (Å²) in [6, 6.07) is 5.69. The Morgan fingerprint density at radius 1 is 1.20 bits per heavy atom. The fourth-order valence-corrected chi connectivity index (χ4v) is 4.94. The highest BCUT2D eigenvalue weighted by Crippen LogP contribution is 2.16. The first-order valence-corrected chi connectivity index (χ1v) is 15.0. The van der Waals surface area contributed by atoms with E-state index in [9.17, 15) is 24.2 Å². The second kappa shape index (κ2) is 16.7. The summed E-state index contributed by atoms with van der Waals surface area (Å²) in [5, 5.41) is 24.4. The number of hydrogen-bond donors (Lipinski definition) is 2. The molecule has 0 bridgehead atoms. The van der Waals surface area contributed by atoms with Crippen LogP contribution in [0.1, 0.15) is 54.2 Å². The highest BCUT2D eigenvalue weighted by molar-refractivity contribution is 7.09. The van der Waals surface area contributed by atoms with Gasteiger partial charge in [0.05, 0.1) is 22.9 Å². The number of aromatic nitrogens is 1. The Hall–Kier alpha value is -2.70. The minimum Gasteiger partial charge on any atom is -0.388 e. The highest BCUT2D eigenvalue weighted by Gasteiger charge is 2.32. The maximum atomic E-state index is 14.7. The molecule has 1 aliphatic rings. The first-order chi connectivity index (χ1) is 19.7. The van der Waals surface area contributed by atoms with Crippen LogP contribution < -0.4 is 0 Å². The lowest BCUT2D eigenvalue weighted by Gasteiger charge is -2.34. The number of amides is 2. The first-order valence-electron chi connectivity index (χ1n) is 14.1. The lowest BCUT2D eigenvalue weighted by molar-refractivity contribution is -0.127. The van der Waals surface area contributed by atoms with Crippen molar-refractivity contribution in [3.63, 3.8) is 0 Å². The van der Waals surface area contributed by atoms with Crippen LogP contribution in [0.15, 0.2) is 35.7 Å². The van der Waals surface area contributed by atoms with E-state index in [1.807, 2.05) is 26.2 Å². The Balaban J connectivity index is 1.87. The molecule has 2 aromatic rings. The van der Waals surface area contributed by atoms with Crippen molar-refractivity contribution in [2.75, 3.05) is 46.0 Å². The monoisotopic (exact) mass is 591 g/mol. The molecule has 1 aliphatic heterocycles. The van der Waals surface area contributed by atoms with Crippen molar-refractivity contribution in [2.45, 2.75) is 58.3 Å². The summed E-state index contributed by atoms with van der Waals surface area (Å²) in [5.41, 5.74) is 0.575. The average Bonchev–Trinajstić information content (AvgIpc) is 3.37. The van der Waals surface area contributed by atoms with Crippen LogP contribution in [0.4, 0.5) is 4.39 Å².